The maximum absolute atomic E-state index is 12.4. The number of carboxylic acids is 1. The lowest BCUT2D eigenvalue weighted by Gasteiger charge is -2.15. The number of benzene rings is 1. The summed E-state index contributed by atoms with van der Waals surface area (Å²) < 4.78 is 74.0. The van der Waals surface area contributed by atoms with Gasteiger partial charge in [0.25, 0.3) is 0 Å². The summed E-state index contributed by atoms with van der Waals surface area (Å²) in [5.74, 6) is -3.77. The fourth-order valence-corrected chi connectivity index (χ4v) is 1.24. The molecular formula is C9H4F6O3. The van der Waals surface area contributed by atoms with Crippen molar-refractivity contribution < 1.29 is 41.4 Å². The smallest absolute Gasteiger partial charge is 0.417 e. The summed E-state index contributed by atoms with van der Waals surface area (Å²) in [6.07, 6.45) is -10.5. The molecule has 18 heavy (non-hydrogen) atoms. The molecule has 1 aromatic rings. The quantitative estimate of drug-likeness (QED) is 0.773. The number of halogens is 6. The molecule has 0 unspecified atom stereocenters. The van der Waals surface area contributed by atoms with Crippen LogP contribution in [0.15, 0.2) is 12.1 Å². The van der Waals surface area contributed by atoms with Crippen molar-refractivity contribution in [3.63, 3.8) is 0 Å². The normalized spacial score (nSPS) is 12.6. The Hall–Kier alpha value is -1.93. The molecule has 0 amide bonds. The second kappa shape index (κ2) is 4.07. The minimum Gasteiger partial charge on any atom is -0.507 e. The van der Waals surface area contributed by atoms with Gasteiger partial charge >= 0.3 is 18.3 Å². The lowest BCUT2D eigenvalue weighted by Crippen LogP contribution is -2.16. The molecule has 0 aliphatic heterocycles. The van der Waals surface area contributed by atoms with Gasteiger partial charge in [0.2, 0.25) is 0 Å². The van der Waals surface area contributed by atoms with Crippen molar-refractivity contribution in [1.29, 1.82) is 0 Å². The molecular weight excluding hydrogens is 270 g/mol. The molecule has 0 spiro atoms. The van der Waals surface area contributed by atoms with Gasteiger partial charge in [0.1, 0.15) is 11.3 Å². The van der Waals surface area contributed by atoms with E-state index in [0.29, 0.717) is 0 Å². The van der Waals surface area contributed by atoms with Crippen LogP contribution in [0.1, 0.15) is 21.5 Å². The Balaban J connectivity index is 3.64. The topological polar surface area (TPSA) is 57.5 Å². The maximum atomic E-state index is 12.4. The van der Waals surface area contributed by atoms with E-state index in [4.69, 9.17) is 10.2 Å². The Morgan fingerprint density at radius 2 is 1.50 bits per heavy atom. The molecule has 0 heterocycles. The molecule has 0 radical (unpaired) electrons. The van der Waals surface area contributed by atoms with Gasteiger partial charge in [-0.25, -0.2) is 4.79 Å². The number of rotatable bonds is 1. The van der Waals surface area contributed by atoms with E-state index < -0.39 is 40.8 Å². The lowest BCUT2D eigenvalue weighted by atomic mass is 10.0. The van der Waals surface area contributed by atoms with Crippen molar-refractivity contribution in [2.75, 3.05) is 0 Å². The monoisotopic (exact) mass is 274 g/mol. The summed E-state index contributed by atoms with van der Waals surface area (Å²) in [6, 6.07) is -0.429. The molecule has 3 nitrogen and oxygen atoms in total. The molecule has 0 aliphatic carbocycles. The van der Waals surface area contributed by atoms with Crippen molar-refractivity contribution in [2.45, 2.75) is 12.4 Å². The molecule has 0 atom stereocenters. The highest BCUT2D eigenvalue weighted by Crippen LogP contribution is 2.40. The Morgan fingerprint density at radius 3 is 1.83 bits per heavy atom. The van der Waals surface area contributed by atoms with Crippen LogP contribution in [0.3, 0.4) is 0 Å². The molecule has 1 aromatic carbocycles. The van der Waals surface area contributed by atoms with Crippen LogP contribution in [0.25, 0.3) is 0 Å². The van der Waals surface area contributed by atoms with Gasteiger partial charge in [-0.15, -0.1) is 0 Å². The first-order valence-corrected chi connectivity index (χ1v) is 4.19. The van der Waals surface area contributed by atoms with Gasteiger partial charge < -0.3 is 10.2 Å². The lowest BCUT2D eigenvalue weighted by molar-refractivity contribution is -0.143. The molecule has 0 saturated heterocycles. The van der Waals surface area contributed by atoms with E-state index in [1.165, 1.54) is 0 Å². The number of phenols is 1. The van der Waals surface area contributed by atoms with Crippen LogP contribution in [0.5, 0.6) is 5.75 Å². The highest BCUT2D eigenvalue weighted by molar-refractivity contribution is 5.93. The first-order chi connectivity index (χ1) is 7.94. The fraction of sp³-hybridized carbons (Fsp3) is 0.222. The number of carbonyl (C=O) groups is 1. The minimum atomic E-state index is -5.33. The van der Waals surface area contributed by atoms with Crippen LogP contribution >= 0.6 is 0 Å². The number of hydrogen-bond acceptors (Lipinski definition) is 2. The third kappa shape index (κ3) is 2.66. The van der Waals surface area contributed by atoms with Gasteiger partial charge in [0, 0.05) is 0 Å². The SMILES string of the molecule is O=C(O)c1c(O)cc(C(F)(F)F)cc1C(F)(F)F. The second-order valence-electron chi connectivity index (χ2n) is 3.22. The number of aromatic hydroxyl groups is 1. The van der Waals surface area contributed by atoms with Crippen LogP contribution in [-0.2, 0) is 12.4 Å². The van der Waals surface area contributed by atoms with Gasteiger partial charge in [0.15, 0.2) is 0 Å². The zero-order valence-electron chi connectivity index (χ0n) is 8.23. The van der Waals surface area contributed by atoms with E-state index in [1.807, 2.05) is 0 Å². The zero-order chi connectivity index (χ0) is 14.3. The number of carboxylic acid groups (broad SMARTS) is 1. The molecule has 100 valence electrons. The average molecular weight is 274 g/mol. The third-order valence-corrected chi connectivity index (χ3v) is 1.96. The van der Waals surface area contributed by atoms with Crippen LogP contribution in [0, 0.1) is 0 Å². The standard InChI is InChI=1S/C9H4F6O3/c10-8(11,12)3-1-4(9(13,14)15)6(7(17)18)5(16)2-3/h1-2,16H,(H,17,18). The van der Waals surface area contributed by atoms with Crippen molar-refractivity contribution in [3.05, 3.63) is 28.8 Å². The van der Waals surface area contributed by atoms with Crippen molar-refractivity contribution in [3.8, 4) is 5.75 Å². The van der Waals surface area contributed by atoms with E-state index in [0.717, 1.165) is 0 Å². The average Bonchev–Trinajstić information content (AvgIpc) is 2.12. The third-order valence-electron chi connectivity index (χ3n) is 1.96. The largest absolute Gasteiger partial charge is 0.507 e. The molecule has 1 rings (SSSR count). The summed E-state index contributed by atoms with van der Waals surface area (Å²) in [6.45, 7) is 0. The van der Waals surface area contributed by atoms with Gasteiger partial charge in [-0.05, 0) is 12.1 Å². The van der Waals surface area contributed by atoms with Crippen LogP contribution < -0.4 is 0 Å². The highest BCUT2D eigenvalue weighted by Gasteiger charge is 2.41. The van der Waals surface area contributed by atoms with E-state index in [1.54, 1.807) is 0 Å². The predicted molar refractivity (Wildman–Crippen MR) is 45.1 cm³/mol. The Morgan fingerprint density at radius 1 is 1.00 bits per heavy atom. The molecule has 0 aliphatic rings. The van der Waals surface area contributed by atoms with E-state index >= 15 is 0 Å². The van der Waals surface area contributed by atoms with Gasteiger partial charge in [-0.2, -0.15) is 26.3 Å². The zero-order valence-corrected chi connectivity index (χ0v) is 8.23. The highest BCUT2D eigenvalue weighted by atomic mass is 19.4. The predicted octanol–water partition coefficient (Wildman–Crippen LogP) is 3.13. The van der Waals surface area contributed by atoms with Crippen molar-refractivity contribution >= 4 is 5.97 Å². The summed E-state index contributed by atoms with van der Waals surface area (Å²) in [4.78, 5) is 10.5. The molecule has 0 aromatic heterocycles. The molecule has 2 N–H and O–H groups in total. The van der Waals surface area contributed by atoms with Gasteiger partial charge in [0.05, 0.1) is 11.1 Å². The summed E-state index contributed by atoms with van der Waals surface area (Å²) in [5, 5.41) is 17.5. The number of aromatic carboxylic acids is 1. The van der Waals surface area contributed by atoms with Gasteiger partial charge in [-0.3, -0.25) is 0 Å². The second-order valence-corrected chi connectivity index (χ2v) is 3.22. The first kappa shape index (κ1) is 14.1. The van der Waals surface area contributed by atoms with E-state index in [-0.39, 0.29) is 12.1 Å². The molecule has 0 bridgehead atoms. The summed E-state index contributed by atoms with van der Waals surface area (Å²) >= 11 is 0. The molecule has 0 saturated carbocycles. The van der Waals surface area contributed by atoms with Gasteiger partial charge in [-0.1, -0.05) is 0 Å². The number of hydrogen-bond donors (Lipinski definition) is 2. The van der Waals surface area contributed by atoms with E-state index in [2.05, 4.69) is 0 Å². The maximum Gasteiger partial charge on any atom is 0.417 e. The summed E-state index contributed by atoms with van der Waals surface area (Å²) in [7, 11) is 0. The molecule has 9 heteroatoms. The Bertz CT molecular complexity index is 488. The Labute approximate surface area is 95.3 Å². The Kier molecular flexibility index (Phi) is 3.20. The first-order valence-electron chi connectivity index (χ1n) is 4.19. The van der Waals surface area contributed by atoms with Crippen LogP contribution in [-0.4, -0.2) is 16.2 Å². The van der Waals surface area contributed by atoms with Crippen molar-refractivity contribution in [2.24, 2.45) is 0 Å². The van der Waals surface area contributed by atoms with Crippen LogP contribution in [0.4, 0.5) is 26.3 Å². The fourth-order valence-electron chi connectivity index (χ4n) is 1.24. The van der Waals surface area contributed by atoms with E-state index in [9.17, 15) is 31.1 Å². The van der Waals surface area contributed by atoms with Crippen molar-refractivity contribution in [1.82, 2.24) is 0 Å². The minimum absolute atomic E-state index is 0.0707. The summed E-state index contributed by atoms with van der Waals surface area (Å²) in [5.41, 5.74) is -5.45. The number of alkyl halides is 6. The molecule has 0 fully saturated rings. The van der Waals surface area contributed by atoms with Crippen LogP contribution in [0.2, 0.25) is 0 Å².